The second-order valence-electron chi connectivity index (χ2n) is 9.33. The van der Waals surface area contributed by atoms with Crippen LogP contribution in [-0.4, -0.2) is 0 Å². The summed E-state index contributed by atoms with van der Waals surface area (Å²) >= 11 is 1.89. The van der Waals surface area contributed by atoms with E-state index in [1.807, 2.05) is 11.3 Å². The summed E-state index contributed by atoms with van der Waals surface area (Å²) in [5.41, 5.74) is 5.13. The van der Waals surface area contributed by atoms with Crippen LogP contribution in [0.5, 0.6) is 0 Å². The molecule has 7 aromatic carbocycles. The Bertz CT molecular complexity index is 2020. The summed E-state index contributed by atoms with van der Waals surface area (Å²) in [7, 11) is 0. The predicted molar refractivity (Wildman–Crippen MR) is 154 cm³/mol. The molecule has 8 rings (SSSR count). The third kappa shape index (κ3) is 2.73. The molecule has 8 aromatic rings. The van der Waals surface area contributed by atoms with Crippen molar-refractivity contribution >= 4 is 63.8 Å². The first kappa shape index (κ1) is 19.1. The van der Waals surface area contributed by atoms with Crippen LogP contribution in [0.4, 0.5) is 0 Å². The second kappa shape index (κ2) is 7.15. The van der Waals surface area contributed by atoms with Gasteiger partial charge in [0.1, 0.15) is 0 Å². The van der Waals surface area contributed by atoms with Crippen LogP contribution in [0.3, 0.4) is 0 Å². The van der Waals surface area contributed by atoms with E-state index in [0.29, 0.717) is 0 Å². The molecule has 0 saturated carbocycles. The van der Waals surface area contributed by atoms with Crippen molar-refractivity contribution in [3.05, 3.63) is 121 Å². The van der Waals surface area contributed by atoms with Crippen LogP contribution in [0.2, 0.25) is 0 Å². The minimum atomic E-state index is 1.26. The molecule has 0 spiro atoms. The van der Waals surface area contributed by atoms with E-state index in [1.165, 1.54) is 74.7 Å². The van der Waals surface area contributed by atoms with Crippen LogP contribution in [-0.2, 0) is 0 Å². The van der Waals surface area contributed by atoms with Gasteiger partial charge < -0.3 is 0 Å². The number of hydrogen-bond acceptors (Lipinski definition) is 1. The molecule has 0 bridgehead atoms. The van der Waals surface area contributed by atoms with Crippen molar-refractivity contribution in [2.24, 2.45) is 0 Å². The molecule has 0 amide bonds. The van der Waals surface area contributed by atoms with Crippen LogP contribution >= 0.6 is 11.3 Å². The molecule has 35 heavy (non-hydrogen) atoms. The van der Waals surface area contributed by atoms with Crippen molar-refractivity contribution in [3.8, 4) is 22.3 Å². The van der Waals surface area contributed by atoms with E-state index in [4.69, 9.17) is 0 Å². The van der Waals surface area contributed by atoms with Gasteiger partial charge in [0.15, 0.2) is 0 Å². The van der Waals surface area contributed by atoms with Crippen molar-refractivity contribution < 1.29 is 0 Å². The summed E-state index contributed by atoms with van der Waals surface area (Å²) in [5.74, 6) is 0. The smallest absolute Gasteiger partial charge is 0.0433 e. The van der Waals surface area contributed by atoms with Gasteiger partial charge in [0.05, 0.1) is 0 Å². The van der Waals surface area contributed by atoms with Crippen LogP contribution < -0.4 is 0 Å². The first-order chi connectivity index (χ1) is 17.3. The van der Waals surface area contributed by atoms with Crippen molar-refractivity contribution in [2.45, 2.75) is 0 Å². The summed E-state index contributed by atoms with van der Waals surface area (Å²) < 4.78 is 2.71. The van der Waals surface area contributed by atoms with Gasteiger partial charge in [-0.25, -0.2) is 0 Å². The molecule has 0 nitrogen and oxygen atoms in total. The number of benzene rings is 7. The highest BCUT2D eigenvalue weighted by Crippen LogP contribution is 2.42. The first-order valence-electron chi connectivity index (χ1n) is 12.0. The van der Waals surface area contributed by atoms with Gasteiger partial charge in [-0.3, -0.25) is 0 Å². The van der Waals surface area contributed by atoms with E-state index in [1.54, 1.807) is 0 Å². The fourth-order valence-corrected chi connectivity index (χ4v) is 7.03. The molecule has 0 aliphatic heterocycles. The summed E-state index contributed by atoms with van der Waals surface area (Å²) in [4.78, 5) is 0. The molecular weight excluding hydrogens is 440 g/mol. The fourth-order valence-electron chi connectivity index (χ4n) is 5.79. The van der Waals surface area contributed by atoms with Gasteiger partial charge in [-0.15, -0.1) is 11.3 Å². The highest BCUT2D eigenvalue weighted by molar-refractivity contribution is 7.26. The number of hydrogen-bond donors (Lipinski definition) is 0. The van der Waals surface area contributed by atoms with E-state index in [0.717, 1.165) is 0 Å². The Labute approximate surface area is 207 Å². The van der Waals surface area contributed by atoms with Crippen LogP contribution in [0, 0.1) is 0 Å². The lowest BCUT2D eigenvalue weighted by atomic mass is 9.89. The minimum Gasteiger partial charge on any atom is -0.135 e. The Morgan fingerprint density at radius 2 is 1.00 bits per heavy atom. The van der Waals surface area contributed by atoms with E-state index in [9.17, 15) is 0 Å². The lowest BCUT2D eigenvalue weighted by molar-refractivity contribution is 1.64. The van der Waals surface area contributed by atoms with E-state index in [-0.39, 0.29) is 0 Å². The van der Waals surface area contributed by atoms with Gasteiger partial charge in [0.2, 0.25) is 0 Å². The maximum Gasteiger partial charge on any atom is 0.0433 e. The third-order valence-electron chi connectivity index (χ3n) is 7.44. The first-order valence-corrected chi connectivity index (χ1v) is 12.8. The Morgan fingerprint density at radius 1 is 0.371 bits per heavy atom. The molecular formula is C34H20S. The van der Waals surface area contributed by atoms with Crippen LogP contribution in [0.15, 0.2) is 121 Å². The SMILES string of the molecule is c1cc2ccc3ccc(-c4ccc(-c5cccc6c5sc5ccccc56)cc4)c4ccc(c1)c2c34. The number of fused-ring (bicyclic) bond motifs is 3. The highest BCUT2D eigenvalue weighted by Gasteiger charge is 2.13. The molecule has 0 fully saturated rings. The van der Waals surface area contributed by atoms with E-state index >= 15 is 0 Å². The largest absolute Gasteiger partial charge is 0.135 e. The van der Waals surface area contributed by atoms with Gasteiger partial charge in [-0.1, -0.05) is 115 Å². The molecule has 0 aliphatic carbocycles. The van der Waals surface area contributed by atoms with Crippen molar-refractivity contribution in [1.29, 1.82) is 0 Å². The average Bonchev–Trinajstić information content (AvgIpc) is 3.31. The van der Waals surface area contributed by atoms with Gasteiger partial charge in [-0.2, -0.15) is 0 Å². The standard InChI is InChI=1S/C34H20S/c1-2-10-31-28(7-1)30-9-4-8-27(34(30)35-31)22-13-11-21(12-14-22)26-19-17-25-16-15-23-5-3-6-24-18-20-29(26)33(25)32(23)24/h1-20H. The van der Waals surface area contributed by atoms with E-state index < -0.39 is 0 Å². The molecule has 0 N–H and O–H groups in total. The topological polar surface area (TPSA) is 0 Å². The zero-order valence-electron chi connectivity index (χ0n) is 19.0. The Kier molecular flexibility index (Phi) is 3.91. The maximum absolute atomic E-state index is 2.30. The quantitative estimate of drug-likeness (QED) is 0.225. The van der Waals surface area contributed by atoms with Gasteiger partial charge >= 0.3 is 0 Å². The van der Waals surface area contributed by atoms with Gasteiger partial charge in [0, 0.05) is 20.2 Å². The third-order valence-corrected chi connectivity index (χ3v) is 8.66. The molecule has 1 heteroatoms. The Hall–Kier alpha value is -4.20. The molecule has 0 aliphatic rings. The van der Waals surface area contributed by atoms with Crippen molar-refractivity contribution in [1.82, 2.24) is 0 Å². The van der Waals surface area contributed by atoms with E-state index in [2.05, 4.69) is 121 Å². The molecule has 0 radical (unpaired) electrons. The fraction of sp³-hybridized carbons (Fsp3) is 0. The monoisotopic (exact) mass is 460 g/mol. The lowest BCUT2D eigenvalue weighted by Gasteiger charge is -2.14. The Balaban J connectivity index is 1.31. The van der Waals surface area contributed by atoms with Crippen LogP contribution in [0.1, 0.15) is 0 Å². The zero-order chi connectivity index (χ0) is 22.9. The predicted octanol–water partition coefficient (Wildman–Crippen LogP) is 10.3. The molecule has 0 saturated heterocycles. The summed E-state index contributed by atoms with van der Waals surface area (Å²) in [6.45, 7) is 0. The molecule has 1 heterocycles. The lowest BCUT2D eigenvalue weighted by Crippen LogP contribution is -1.87. The average molecular weight is 461 g/mol. The second-order valence-corrected chi connectivity index (χ2v) is 10.4. The number of rotatable bonds is 2. The maximum atomic E-state index is 2.30. The summed E-state index contributed by atoms with van der Waals surface area (Å²) in [6, 6.07) is 44.7. The molecule has 1 aromatic heterocycles. The molecule has 0 atom stereocenters. The van der Waals surface area contributed by atoms with Crippen molar-refractivity contribution in [2.75, 3.05) is 0 Å². The zero-order valence-corrected chi connectivity index (χ0v) is 19.8. The minimum absolute atomic E-state index is 1.26. The molecule has 162 valence electrons. The normalized spacial score (nSPS) is 12.0. The van der Waals surface area contributed by atoms with Crippen LogP contribution in [0.25, 0.3) is 74.7 Å². The summed E-state index contributed by atoms with van der Waals surface area (Å²) in [6.07, 6.45) is 0. The number of thiophene rings is 1. The summed E-state index contributed by atoms with van der Waals surface area (Å²) in [5, 5.41) is 10.7. The Morgan fingerprint density at radius 3 is 1.83 bits per heavy atom. The van der Waals surface area contributed by atoms with Gasteiger partial charge in [0.25, 0.3) is 0 Å². The van der Waals surface area contributed by atoms with Gasteiger partial charge in [-0.05, 0) is 60.6 Å². The van der Waals surface area contributed by atoms with Crippen molar-refractivity contribution in [3.63, 3.8) is 0 Å². The highest BCUT2D eigenvalue weighted by atomic mass is 32.1. The molecule has 0 unspecified atom stereocenters.